The van der Waals surface area contributed by atoms with Crippen LogP contribution in [-0.2, 0) is 10.0 Å². The van der Waals surface area contributed by atoms with E-state index >= 15 is 0 Å². The SMILES string of the molecule is Cc1cc(F)ccc1S(=O)(=O)N1CCCCC1CCBr. The van der Waals surface area contributed by atoms with E-state index in [-0.39, 0.29) is 10.9 Å². The van der Waals surface area contributed by atoms with Crippen LogP contribution in [0.15, 0.2) is 23.1 Å². The lowest BCUT2D eigenvalue weighted by Crippen LogP contribution is -2.44. The minimum Gasteiger partial charge on any atom is -0.207 e. The third-order valence-electron chi connectivity index (χ3n) is 3.74. The van der Waals surface area contributed by atoms with Gasteiger partial charge in [0.2, 0.25) is 10.0 Å². The van der Waals surface area contributed by atoms with Crippen molar-refractivity contribution in [1.29, 1.82) is 0 Å². The number of halogens is 2. The molecule has 1 aromatic rings. The molecule has 1 unspecified atom stereocenters. The van der Waals surface area contributed by atoms with Gasteiger partial charge in [0, 0.05) is 17.9 Å². The maximum absolute atomic E-state index is 13.2. The Morgan fingerprint density at radius 2 is 2.15 bits per heavy atom. The number of benzene rings is 1. The second-order valence-corrected chi connectivity index (χ2v) is 7.80. The topological polar surface area (TPSA) is 37.4 Å². The van der Waals surface area contributed by atoms with Gasteiger partial charge in [0.15, 0.2) is 0 Å². The Morgan fingerprint density at radius 3 is 2.80 bits per heavy atom. The Kier molecular flexibility index (Phi) is 5.20. The predicted octanol–water partition coefficient (Wildman–Crippen LogP) is 3.46. The molecule has 112 valence electrons. The van der Waals surface area contributed by atoms with Crippen LogP contribution in [0.1, 0.15) is 31.2 Å². The molecule has 0 N–H and O–H groups in total. The van der Waals surface area contributed by atoms with E-state index in [1.54, 1.807) is 11.2 Å². The number of hydrogen-bond acceptors (Lipinski definition) is 2. The van der Waals surface area contributed by atoms with Crippen LogP contribution >= 0.6 is 15.9 Å². The summed E-state index contributed by atoms with van der Waals surface area (Å²) < 4.78 is 40.3. The van der Waals surface area contributed by atoms with Crippen molar-refractivity contribution in [3.05, 3.63) is 29.6 Å². The lowest BCUT2D eigenvalue weighted by atomic mass is 10.0. The summed E-state index contributed by atoms with van der Waals surface area (Å²) in [5, 5.41) is 0.784. The molecule has 1 aromatic carbocycles. The van der Waals surface area contributed by atoms with Gasteiger partial charge < -0.3 is 0 Å². The van der Waals surface area contributed by atoms with Crippen molar-refractivity contribution >= 4 is 26.0 Å². The van der Waals surface area contributed by atoms with Crippen LogP contribution in [0.2, 0.25) is 0 Å². The zero-order chi connectivity index (χ0) is 14.8. The van der Waals surface area contributed by atoms with E-state index in [1.807, 2.05) is 0 Å². The van der Waals surface area contributed by atoms with E-state index < -0.39 is 15.8 Å². The largest absolute Gasteiger partial charge is 0.243 e. The molecule has 1 fully saturated rings. The average Bonchev–Trinajstić information content (AvgIpc) is 2.39. The van der Waals surface area contributed by atoms with Gasteiger partial charge in [-0.25, -0.2) is 12.8 Å². The molecule has 0 bridgehead atoms. The maximum atomic E-state index is 13.2. The van der Waals surface area contributed by atoms with Crippen molar-refractivity contribution in [3.63, 3.8) is 0 Å². The number of piperidine rings is 1. The average molecular weight is 364 g/mol. The highest BCUT2D eigenvalue weighted by molar-refractivity contribution is 9.09. The predicted molar refractivity (Wildman–Crippen MR) is 81.1 cm³/mol. The third kappa shape index (κ3) is 3.23. The molecular weight excluding hydrogens is 345 g/mol. The number of nitrogens with zero attached hydrogens (tertiary/aromatic N) is 1. The lowest BCUT2D eigenvalue weighted by molar-refractivity contribution is 0.248. The molecule has 1 aliphatic rings. The van der Waals surface area contributed by atoms with Gasteiger partial charge in [-0.15, -0.1) is 0 Å². The second-order valence-electron chi connectivity index (χ2n) is 5.15. The van der Waals surface area contributed by atoms with Gasteiger partial charge in [-0.2, -0.15) is 4.31 Å². The van der Waals surface area contributed by atoms with Crippen molar-refractivity contribution in [2.45, 2.75) is 43.5 Å². The van der Waals surface area contributed by atoms with Crippen molar-refractivity contribution < 1.29 is 12.8 Å². The van der Waals surface area contributed by atoms with Crippen LogP contribution in [0.5, 0.6) is 0 Å². The van der Waals surface area contributed by atoms with Crippen LogP contribution in [0.3, 0.4) is 0 Å². The quantitative estimate of drug-likeness (QED) is 0.768. The molecule has 0 amide bonds. The highest BCUT2D eigenvalue weighted by Crippen LogP contribution is 2.29. The van der Waals surface area contributed by atoms with Gasteiger partial charge in [0.05, 0.1) is 4.90 Å². The molecule has 6 heteroatoms. The molecule has 0 radical (unpaired) electrons. The molecule has 1 atom stereocenters. The van der Waals surface area contributed by atoms with Gasteiger partial charge in [0.1, 0.15) is 5.82 Å². The summed E-state index contributed by atoms with van der Waals surface area (Å²) in [7, 11) is -3.53. The van der Waals surface area contributed by atoms with E-state index in [0.717, 1.165) is 31.0 Å². The maximum Gasteiger partial charge on any atom is 0.243 e. The zero-order valence-corrected chi connectivity index (χ0v) is 13.9. The molecule has 2 rings (SSSR count). The van der Waals surface area contributed by atoms with E-state index in [0.29, 0.717) is 12.1 Å². The summed E-state index contributed by atoms with van der Waals surface area (Å²) >= 11 is 3.39. The molecule has 0 aliphatic carbocycles. The summed E-state index contributed by atoms with van der Waals surface area (Å²) in [5.74, 6) is -0.405. The number of sulfonamides is 1. The van der Waals surface area contributed by atoms with Gasteiger partial charge in [0.25, 0.3) is 0 Å². The molecule has 20 heavy (non-hydrogen) atoms. The van der Waals surface area contributed by atoms with Crippen LogP contribution < -0.4 is 0 Å². The molecule has 0 saturated carbocycles. The van der Waals surface area contributed by atoms with Crippen molar-refractivity contribution in [2.24, 2.45) is 0 Å². The normalized spacial score (nSPS) is 21.1. The Morgan fingerprint density at radius 1 is 1.40 bits per heavy atom. The third-order valence-corrected chi connectivity index (χ3v) is 6.31. The van der Waals surface area contributed by atoms with Crippen LogP contribution in [-0.4, -0.2) is 30.6 Å². The van der Waals surface area contributed by atoms with Gasteiger partial charge >= 0.3 is 0 Å². The van der Waals surface area contributed by atoms with Crippen molar-refractivity contribution in [3.8, 4) is 0 Å². The highest BCUT2D eigenvalue weighted by Gasteiger charge is 2.33. The van der Waals surface area contributed by atoms with Crippen LogP contribution in [0, 0.1) is 12.7 Å². The molecular formula is C14H19BrFNO2S. The fourth-order valence-electron chi connectivity index (χ4n) is 2.73. The zero-order valence-electron chi connectivity index (χ0n) is 11.5. The minimum absolute atomic E-state index is 0.0394. The molecule has 1 heterocycles. The molecule has 3 nitrogen and oxygen atoms in total. The fraction of sp³-hybridized carbons (Fsp3) is 0.571. The summed E-state index contributed by atoms with van der Waals surface area (Å²) in [6.45, 7) is 2.19. The van der Waals surface area contributed by atoms with Gasteiger partial charge in [-0.1, -0.05) is 22.4 Å². The minimum atomic E-state index is -3.53. The smallest absolute Gasteiger partial charge is 0.207 e. The summed E-state index contributed by atoms with van der Waals surface area (Å²) in [6.07, 6.45) is 3.65. The molecule has 0 spiro atoms. The number of hydrogen-bond donors (Lipinski definition) is 0. The summed E-state index contributed by atoms with van der Waals surface area (Å²) in [5.41, 5.74) is 0.466. The van der Waals surface area contributed by atoms with Crippen LogP contribution in [0.4, 0.5) is 4.39 Å². The lowest BCUT2D eigenvalue weighted by Gasteiger charge is -2.34. The van der Waals surface area contributed by atoms with E-state index in [1.165, 1.54) is 18.2 Å². The summed E-state index contributed by atoms with van der Waals surface area (Å²) in [6, 6.07) is 3.90. The monoisotopic (exact) mass is 363 g/mol. The molecule has 1 saturated heterocycles. The molecule has 0 aromatic heterocycles. The number of rotatable bonds is 4. The highest BCUT2D eigenvalue weighted by atomic mass is 79.9. The first-order valence-electron chi connectivity index (χ1n) is 6.81. The first-order chi connectivity index (χ1) is 9.46. The van der Waals surface area contributed by atoms with E-state index in [4.69, 9.17) is 0 Å². The second kappa shape index (κ2) is 6.54. The Bertz CT molecular complexity index is 575. The van der Waals surface area contributed by atoms with Gasteiger partial charge in [-0.05, 0) is 49.9 Å². The fourth-order valence-corrected chi connectivity index (χ4v) is 5.19. The Balaban J connectivity index is 2.37. The standard InChI is InChI=1S/C14H19BrFNO2S/c1-11-10-12(16)5-6-14(11)20(18,19)17-9-3-2-4-13(17)7-8-15/h5-6,10,13H,2-4,7-9H2,1H3. The van der Waals surface area contributed by atoms with Crippen LogP contribution in [0.25, 0.3) is 0 Å². The van der Waals surface area contributed by atoms with Crippen molar-refractivity contribution in [1.82, 2.24) is 4.31 Å². The Labute approximate surface area is 128 Å². The van der Waals surface area contributed by atoms with Gasteiger partial charge in [-0.3, -0.25) is 0 Å². The van der Waals surface area contributed by atoms with Crippen molar-refractivity contribution in [2.75, 3.05) is 11.9 Å². The number of aryl methyl sites for hydroxylation is 1. The summed E-state index contributed by atoms with van der Waals surface area (Å²) in [4.78, 5) is 0.223. The van der Waals surface area contributed by atoms with E-state index in [9.17, 15) is 12.8 Å². The number of alkyl halides is 1. The first kappa shape index (κ1) is 15.9. The Hall–Kier alpha value is -0.460. The first-order valence-corrected chi connectivity index (χ1v) is 9.37. The van der Waals surface area contributed by atoms with E-state index in [2.05, 4.69) is 15.9 Å². The molecule has 1 aliphatic heterocycles.